The van der Waals surface area contributed by atoms with Gasteiger partial charge in [-0.05, 0) is 19.4 Å². The van der Waals surface area contributed by atoms with Crippen molar-refractivity contribution < 1.29 is 9.84 Å². The lowest BCUT2D eigenvalue weighted by molar-refractivity contribution is 0.0355. The van der Waals surface area contributed by atoms with Crippen LogP contribution in [0.3, 0.4) is 0 Å². The minimum Gasteiger partial charge on any atom is -0.389 e. The summed E-state index contributed by atoms with van der Waals surface area (Å²) in [5.74, 6) is 0. The highest BCUT2D eigenvalue weighted by Crippen LogP contribution is 2.04. The molecule has 1 unspecified atom stereocenters. The molecule has 0 rings (SSSR count). The zero-order valence-electron chi connectivity index (χ0n) is 13.1. The first-order chi connectivity index (χ1) is 9.31. The summed E-state index contributed by atoms with van der Waals surface area (Å²) < 4.78 is 5.49. The van der Waals surface area contributed by atoms with E-state index in [0.717, 1.165) is 19.6 Å². The fourth-order valence-electron chi connectivity index (χ4n) is 2.03. The molecular weight excluding hydrogens is 238 g/mol. The van der Waals surface area contributed by atoms with Gasteiger partial charge in [0.1, 0.15) is 0 Å². The Bertz CT molecular complexity index is 165. The Morgan fingerprint density at radius 3 is 2.26 bits per heavy atom. The van der Waals surface area contributed by atoms with Gasteiger partial charge in [0, 0.05) is 13.2 Å². The van der Waals surface area contributed by atoms with Crippen molar-refractivity contribution in [3.63, 3.8) is 0 Å². The molecule has 0 spiro atoms. The summed E-state index contributed by atoms with van der Waals surface area (Å²) in [6, 6.07) is 0. The molecule has 0 aromatic rings. The third-order valence-electron chi connectivity index (χ3n) is 3.29. The van der Waals surface area contributed by atoms with Crippen molar-refractivity contribution in [1.29, 1.82) is 0 Å². The quantitative estimate of drug-likeness (QED) is 0.449. The Kier molecular flexibility index (Phi) is 15.8. The van der Waals surface area contributed by atoms with E-state index in [4.69, 9.17) is 4.74 Å². The maximum absolute atomic E-state index is 9.69. The molecule has 0 aliphatic rings. The molecule has 3 heteroatoms. The molecule has 0 fully saturated rings. The second kappa shape index (κ2) is 15.9. The number of hydrogen-bond donors (Lipinski definition) is 2. The number of aliphatic hydroxyl groups is 1. The summed E-state index contributed by atoms with van der Waals surface area (Å²) in [6.07, 6.45) is 11.0. The molecular formula is C16H35NO2. The van der Waals surface area contributed by atoms with E-state index in [1.165, 1.54) is 51.4 Å². The van der Waals surface area contributed by atoms with Crippen molar-refractivity contribution in [2.45, 2.75) is 77.7 Å². The van der Waals surface area contributed by atoms with Gasteiger partial charge >= 0.3 is 0 Å². The average Bonchev–Trinajstić information content (AvgIpc) is 2.41. The normalized spacial score (nSPS) is 12.8. The molecule has 0 aromatic carbocycles. The van der Waals surface area contributed by atoms with Gasteiger partial charge in [-0.15, -0.1) is 0 Å². The number of hydrogen-bond acceptors (Lipinski definition) is 3. The molecule has 0 amide bonds. The monoisotopic (exact) mass is 273 g/mol. The maximum Gasteiger partial charge on any atom is 0.0897 e. The molecule has 1 atom stereocenters. The van der Waals surface area contributed by atoms with Crippen molar-refractivity contribution in [3.8, 4) is 0 Å². The molecule has 0 bridgehead atoms. The first-order valence-electron chi connectivity index (χ1n) is 8.27. The van der Waals surface area contributed by atoms with Crippen LogP contribution < -0.4 is 5.32 Å². The number of rotatable bonds is 15. The van der Waals surface area contributed by atoms with Crippen LogP contribution in [0.1, 0.15) is 71.6 Å². The van der Waals surface area contributed by atoms with E-state index in [1.54, 1.807) is 0 Å². The number of unbranched alkanes of at least 4 members (excludes halogenated alkanes) is 7. The first-order valence-corrected chi connectivity index (χ1v) is 8.27. The van der Waals surface area contributed by atoms with Crippen LogP contribution in [0.25, 0.3) is 0 Å². The summed E-state index contributed by atoms with van der Waals surface area (Å²) in [5.41, 5.74) is 0. The largest absolute Gasteiger partial charge is 0.389 e. The molecule has 19 heavy (non-hydrogen) atoms. The molecule has 2 N–H and O–H groups in total. The number of ether oxygens (including phenoxy) is 1. The van der Waals surface area contributed by atoms with Crippen LogP contribution in [0.2, 0.25) is 0 Å². The van der Waals surface area contributed by atoms with Crippen LogP contribution in [-0.2, 0) is 4.74 Å². The third kappa shape index (κ3) is 15.8. The van der Waals surface area contributed by atoms with Gasteiger partial charge < -0.3 is 15.2 Å². The molecule has 116 valence electrons. The van der Waals surface area contributed by atoms with Crippen molar-refractivity contribution in [2.75, 3.05) is 26.3 Å². The van der Waals surface area contributed by atoms with Crippen LogP contribution in [0.5, 0.6) is 0 Å². The summed E-state index contributed by atoms with van der Waals surface area (Å²) in [4.78, 5) is 0. The van der Waals surface area contributed by atoms with E-state index in [1.807, 2.05) is 0 Å². The summed E-state index contributed by atoms with van der Waals surface area (Å²) in [5, 5.41) is 13.0. The van der Waals surface area contributed by atoms with E-state index in [0.29, 0.717) is 13.2 Å². The topological polar surface area (TPSA) is 41.5 Å². The Labute approximate surface area is 120 Å². The lowest BCUT2D eigenvalue weighted by Gasteiger charge is -2.12. The maximum atomic E-state index is 9.69. The third-order valence-corrected chi connectivity index (χ3v) is 3.29. The van der Waals surface area contributed by atoms with Gasteiger partial charge in [0.2, 0.25) is 0 Å². The van der Waals surface area contributed by atoms with Gasteiger partial charge in [0.25, 0.3) is 0 Å². The minimum absolute atomic E-state index is 0.360. The van der Waals surface area contributed by atoms with E-state index < -0.39 is 0 Å². The van der Waals surface area contributed by atoms with Gasteiger partial charge in [0.15, 0.2) is 0 Å². The summed E-state index contributed by atoms with van der Waals surface area (Å²) in [7, 11) is 0. The summed E-state index contributed by atoms with van der Waals surface area (Å²) in [6.45, 7) is 7.35. The Balaban J connectivity index is 3.09. The highest BCUT2D eigenvalue weighted by atomic mass is 16.5. The Hall–Kier alpha value is -0.120. The predicted octanol–water partition coefficient (Wildman–Crippen LogP) is 3.50. The lowest BCUT2D eigenvalue weighted by atomic mass is 10.1. The van der Waals surface area contributed by atoms with Crippen molar-refractivity contribution in [1.82, 2.24) is 5.32 Å². The van der Waals surface area contributed by atoms with Crippen LogP contribution >= 0.6 is 0 Å². The molecule has 0 radical (unpaired) electrons. The van der Waals surface area contributed by atoms with Gasteiger partial charge in [0.05, 0.1) is 12.7 Å². The predicted molar refractivity (Wildman–Crippen MR) is 82.6 cm³/mol. The van der Waals surface area contributed by atoms with E-state index in [-0.39, 0.29) is 6.10 Å². The molecule has 3 nitrogen and oxygen atoms in total. The fraction of sp³-hybridized carbons (Fsp3) is 1.00. The Morgan fingerprint density at radius 1 is 0.895 bits per heavy atom. The fourth-order valence-corrected chi connectivity index (χ4v) is 2.03. The van der Waals surface area contributed by atoms with E-state index in [2.05, 4.69) is 19.2 Å². The molecule has 0 aliphatic carbocycles. The molecule has 0 saturated heterocycles. The molecule has 0 aromatic heterocycles. The first kappa shape index (κ1) is 18.9. The zero-order valence-corrected chi connectivity index (χ0v) is 13.1. The van der Waals surface area contributed by atoms with Gasteiger partial charge in [-0.2, -0.15) is 0 Å². The smallest absolute Gasteiger partial charge is 0.0897 e. The second-order valence-corrected chi connectivity index (χ2v) is 5.41. The zero-order chi connectivity index (χ0) is 14.2. The van der Waals surface area contributed by atoms with Gasteiger partial charge in [-0.1, -0.05) is 58.8 Å². The van der Waals surface area contributed by atoms with E-state index >= 15 is 0 Å². The Morgan fingerprint density at radius 2 is 1.53 bits per heavy atom. The van der Waals surface area contributed by atoms with E-state index in [9.17, 15) is 5.11 Å². The minimum atomic E-state index is -0.360. The SMILES string of the molecule is CCCCCCCCOCC(O)CNCCCCC. The second-order valence-electron chi connectivity index (χ2n) is 5.41. The van der Waals surface area contributed by atoms with Crippen LogP contribution in [0.15, 0.2) is 0 Å². The average molecular weight is 273 g/mol. The van der Waals surface area contributed by atoms with Crippen molar-refractivity contribution in [2.24, 2.45) is 0 Å². The standard InChI is InChI=1S/C16H35NO2/c1-3-5-7-8-9-11-13-19-15-16(18)14-17-12-10-6-4-2/h16-18H,3-15H2,1-2H3. The van der Waals surface area contributed by atoms with Crippen LogP contribution in [0, 0.1) is 0 Å². The molecule has 0 heterocycles. The van der Waals surface area contributed by atoms with Crippen molar-refractivity contribution in [3.05, 3.63) is 0 Å². The number of nitrogens with one attached hydrogen (secondary N) is 1. The van der Waals surface area contributed by atoms with Crippen LogP contribution in [-0.4, -0.2) is 37.5 Å². The molecule has 0 saturated carbocycles. The lowest BCUT2D eigenvalue weighted by Crippen LogP contribution is -2.31. The van der Waals surface area contributed by atoms with Crippen molar-refractivity contribution >= 4 is 0 Å². The van der Waals surface area contributed by atoms with Crippen LogP contribution in [0.4, 0.5) is 0 Å². The number of aliphatic hydroxyl groups excluding tert-OH is 1. The summed E-state index contributed by atoms with van der Waals surface area (Å²) >= 11 is 0. The molecule has 0 aliphatic heterocycles. The van der Waals surface area contributed by atoms with Gasteiger partial charge in [-0.3, -0.25) is 0 Å². The highest BCUT2D eigenvalue weighted by molar-refractivity contribution is 4.58. The van der Waals surface area contributed by atoms with Gasteiger partial charge in [-0.25, -0.2) is 0 Å². The highest BCUT2D eigenvalue weighted by Gasteiger charge is 2.03.